The maximum Gasteiger partial charge on any atom is 0.325 e. The van der Waals surface area contributed by atoms with Gasteiger partial charge in [0, 0.05) is 0 Å². The molecule has 0 spiro atoms. The Morgan fingerprint density at radius 1 is 1.12 bits per heavy atom. The van der Waals surface area contributed by atoms with E-state index >= 15 is 0 Å². The van der Waals surface area contributed by atoms with Gasteiger partial charge in [0.2, 0.25) is 0 Å². The molecule has 1 fully saturated rings. The molecule has 0 aromatic heterocycles. The zero-order chi connectivity index (χ0) is 24.2. The number of amides is 3. The van der Waals surface area contributed by atoms with Crippen molar-refractivity contribution in [1.82, 2.24) is 10.2 Å². The van der Waals surface area contributed by atoms with E-state index in [0.29, 0.717) is 23.0 Å². The van der Waals surface area contributed by atoms with Gasteiger partial charge in [0.15, 0.2) is 11.5 Å². The predicted molar refractivity (Wildman–Crippen MR) is 127 cm³/mol. The van der Waals surface area contributed by atoms with Crippen molar-refractivity contribution >= 4 is 18.0 Å². The van der Waals surface area contributed by atoms with Crippen molar-refractivity contribution in [2.45, 2.75) is 45.3 Å². The van der Waals surface area contributed by atoms with E-state index in [0.717, 1.165) is 16.0 Å². The van der Waals surface area contributed by atoms with E-state index in [1.807, 2.05) is 55.5 Å². The van der Waals surface area contributed by atoms with Gasteiger partial charge < -0.3 is 19.9 Å². The predicted octanol–water partition coefficient (Wildman–Crippen LogP) is 4.06. The Morgan fingerprint density at radius 3 is 2.42 bits per heavy atom. The molecular formula is C26H32N2O5. The van der Waals surface area contributed by atoms with Gasteiger partial charge in [0.25, 0.3) is 5.91 Å². The minimum Gasteiger partial charge on any atom is -0.493 e. The smallest absolute Gasteiger partial charge is 0.325 e. The second kappa shape index (κ2) is 10.1. The molecule has 2 unspecified atom stereocenters. The number of carbonyl (C=O) groups is 2. The van der Waals surface area contributed by atoms with Crippen molar-refractivity contribution in [3.05, 3.63) is 65.2 Å². The summed E-state index contributed by atoms with van der Waals surface area (Å²) in [5, 5.41) is 13.3. The highest BCUT2D eigenvalue weighted by atomic mass is 16.5. The third kappa shape index (κ3) is 5.20. The number of hydrogen-bond acceptors (Lipinski definition) is 5. The van der Waals surface area contributed by atoms with Crippen LogP contribution in [0.4, 0.5) is 4.79 Å². The molecule has 2 aromatic carbocycles. The maximum atomic E-state index is 13.1. The highest BCUT2D eigenvalue weighted by Crippen LogP contribution is 2.31. The van der Waals surface area contributed by atoms with Gasteiger partial charge in [-0.05, 0) is 48.6 Å². The van der Waals surface area contributed by atoms with Gasteiger partial charge in [0.1, 0.15) is 18.2 Å². The summed E-state index contributed by atoms with van der Waals surface area (Å²) >= 11 is 0. The monoisotopic (exact) mass is 452 g/mol. The summed E-state index contributed by atoms with van der Waals surface area (Å²) in [5.74, 6) is 0.963. The van der Waals surface area contributed by atoms with Gasteiger partial charge in [-0.25, -0.2) is 4.79 Å². The van der Waals surface area contributed by atoms with Crippen LogP contribution in [0.2, 0.25) is 0 Å². The highest BCUT2D eigenvalue weighted by molar-refractivity contribution is 6.07. The molecular weight excluding hydrogens is 420 g/mol. The van der Waals surface area contributed by atoms with Crippen molar-refractivity contribution in [1.29, 1.82) is 0 Å². The molecule has 7 nitrogen and oxygen atoms in total. The van der Waals surface area contributed by atoms with Crippen molar-refractivity contribution < 1.29 is 24.2 Å². The lowest BCUT2D eigenvalue weighted by Crippen LogP contribution is -2.42. The van der Waals surface area contributed by atoms with Crippen LogP contribution in [0.25, 0.3) is 6.08 Å². The normalized spacial score (nSPS) is 19.3. The fourth-order valence-corrected chi connectivity index (χ4v) is 3.81. The third-order valence-electron chi connectivity index (χ3n) is 5.80. The summed E-state index contributed by atoms with van der Waals surface area (Å²) in [6, 6.07) is 12.6. The number of nitrogens with zero attached hydrogens (tertiary/aromatic N) is 1. The molecule has 0 radical (unpaired) electrons. The Bertz CT molecular complexity index is 1030. The lowest BCUT2D eigenvalue weighted by Gasteiger charge is -2.23. The minimum atomic E-state index is -1.18. The number of benzene rings is 2. The Kier molecular flexibility index (Phi) is 7.43. The van der Waals surface area contributed by atoms with Gasteiger partial charge in [-0.2, -0.15) is 0 Å². The Morgan fingerprint density at radius 2 is 1.82 bits per heavy atom. The van der Waals surface area contributed by atoms with E-state index in [1.54, 1.807) is 20.1 Å². The number of hydrogen-bond donors (Lipinski definition) is 2. The quantitative estimate of drug-likeness (QED) is 0.560. The van der Waals surface area contributed by atoms with Crippen LogP contribution in [-0.4, -0.2) is 48.3 Å². The Labute approximate surface area is 195 Å². The molecule has 2 N–H and O–H groups in total. The lowest BCUT2D eigenvalue weighted by molar-refractivity contribution is -0.132. The molecule has 33 heavy (non-hydrogen) atoms. The summed E-state index contributed by atoms with van der Waals surface area (Å²) in [6.07, 6.45) is 2.79. The van der Waals surface area contributed by atoms with Gasteiger partial charge in [-0.15, -0.1) is 0 Å². The van der Waals surface area contributed by atoms with Gasteiger partial charge in [0.05, 0.1) is 13.7 Å². The SMILES string of the molecule is C/C=C/c1ccc(OCC(O)CN2C(=O)NC(C)(c3ccc(C(C)C)cc3)C2=O)c(OC)c1. The van der Waals surface area contributed by atoms with Gasteiger partial charge in [-0.1, -0.05) is 56.3 Å². The van der Waals surface area contributed by atoms with E-state index in [9.17, 15) is 14.7 Å². The first-order valence-electron chi connectivity index (χ1n) is 11.1. The number of allylic oxidation sites excluding steroid dienone is 1. The highest BCUT2D eigenvalue weighted by Gasteiger charge is 2.49. The van der Waals surface area contributed by atoms with Crippen LogP contribution in [0, 0.1) is 0 Å². The van der Waals surface area contributed by atoms with Crippen LogP contribution in [0.15, 0.2) is 48.5 Å². The number of β-amino-alcohol motifs (C(OH)–C–C–N with tert-alkyl or cyclic N) is 1. The zero-order valence-corrected chi connectivity index (χ0v) is 19.8. The largest absolute Gasteiger partial charge is 0.493 e. The third-order valence-corrected chi connectivity index (χ3v) is 5.80. The topological polar surface area (TPSA) is 88.1 Å². The molecule has 1 aliphatic rings. The number of rotatable bonds is 9. The first-order valence-corrected chi connectivity index (χ1v) is 11.1. The number of carbonyl (C=O) groups excluding carboxylic acids is 2. The Hall–Kier alpha value is -3.32. The number of urea groups is 1. The van der Waals surface area contributed by atoms with Crippen LogP contribution in [0.3, 0.4) is 0 Å². The van der Waals surface area contributed by atoms with Gasteiger partial charge in [-0.3, -0.25) is 9.69 Å². The van der Waals surface area contributed by atoms with E-state index < -0.39 is 23.6 Å². The summed E-state index contributed by atoms with van der Waals surface area (Å²) < 4.78 is 11.1. The van der Waals surface area contributed by atoms with E-state index in [4.69, 9.17) is 9.47 Å². The van der Waals surface area contributed by atoms with E-state index in [-0.39, 0.29) is 13.2 Å². The molecule has 3 amide bonds. The molecule has 0 aliphatic carbocycles. The summed E-state index contributed by atoms with van der Waals surface area (Å²) in [5.41, 5.74) is 1.63. The molecule has 1 saturated heterocycles. The molecule has 1 heterocycles. The average molecular weight is 453 g/mol. The summed E-state index contributed by atoms with van der Waals surface area (Å²) in [4.78, 5) is 26.7. The fraction of sp³-hybridized carbons (Fsp3) is 0.385. The number of aliphatic hydroxyl groups excluding tert-OH is 1. The molecule has 1 aliphatic heterocycles. The molecule has 2 atom stereocenters. The standard InChI is InChI=1S/C26H32N2O5/c1-6-7-18-8-13-22(23(14-18)32-5)33-16-21(29)15-28-24(30)26(4,27-25(28)31)20-11-9-19(10-12-20)17(2)3/h6-14,17,21,29H,15-16H2,1-5H3,(H,27,31)/b7-6+. The van der Waals surface area contributed by atoms with E-state index in [2.05, 4.69) is 19.2 Å². The zero-order valence-electron chi connectivity index (χ0n) is 19.8. The van der Waals surface area contributed by atoms with Crippen LogP contribution < -0.4 is 14.8 Å². The van der Waals surface area contributed by atoms with Crippen molar-refractivity contribution in [2.24, 2.45) is 0 Å². The van der Waals surface area contributed by atoms with Crippen LogP contribution in [-0.2, 0) is 10.3 Å². The Balaban J connectivity index is 1.66. The maximum absolute atomic E-state index is 13.1. The molecule has 7 heteroatoms. The fourth-order valence-electron chi connectivity index (χ4n) is 3.81. The number of aliphatic hydroxyl groups is 1. The van der Waals surface area contributed by atoms with Crippen molar-refractivity contribution in [3.63, 3.8) is 0 Å². The van der Waals surface area contributed by atoms with E-state index in [1.165, 1.54) is 0 Å². The van der Waals surface area contributed by atoms with Crippen molar-refractivity contribution in [2.75, 3.05) is 20.3 Å². The molecule has 0 saturated carbocycles. The van der Waals surface area contributed by atoms with Crippen molar-refractivity contribution in [3.8, 4) is 11.5 Å². The molecule has 0 bridgehead atoms. The average Bonchev–Trinajstić information content (AvgIpc) is 3.02. The first-order chi connectivity index (χ1) is 15.7. The number of ether oxygens (including phenoxy) is 2. The molecule has 176 valence electrons. The number of nitrogens with one attached hydrogen (secondary N) is 1. The first kappa shape index (κ1) is 24.3. The van der Waals surface area contributed by atoms with Crippen LogP contribution >= 0.6 is 0 Å². The van der Waals surface area contributed by atoms with Gasteiger partial charge >= 0.3 is 6.03 Å². The lowest BCUT2D eigenvalue weighted by atomic mass is 9.90. The second-order valence-electron chi connectivity index (χ2n) is 8.62. The summed E-state index contributed by atoms with van der Waals surface area (Å²) in [6.45, 7) is 7.51. The number of imide groups is 1. The molecule has 2 aromatic rings. The van der Waals surface area contributed by atoms with Crippen LogP contribution in [0.5, 0.6) is 11.5 Å². The minimum absolute atomic E-state index is 0.101. The number of methoxy groups -OCH3 is 1. The summed E-state index contributed by atoms with van der Waals surface area (Å²) in [7, 11) is 1.54. The van der Waals surface area contributed by atoms with Crippen LogP contribution in [0.1, 0.15) is 50.3 Å². The second-order valence-corrected chi connectivity index (χ2v) is 8.62. The molecule has 3 rings (SSSR count).